The summed E-state index contributed by atoms with van der Waals surface area (Å²) in [6.45, 7) is 3.68. The molecule has 0 aliphatic carbocycles. The molecule has 178 valence electrons. The Morgan fingerprint density at radius 2 is 1.76 bits per heavy atom. The molecule has 3 heterocycles. The summed E-state index contributed by atoms with van der Waals surface area (Å²) < 4.78 is 52.3. The van der Waals surface area contributed by atoms with Crippen molar-refractivity contribution in [3.8, 4) is 0 Å². The lowest BCUT2D eigenvalue weighted by Gasteiger charge is -2.21. The zero-order chi connectivity index (χ0) is 24.6. The predicted octanol–water partition coefficient (Wildman–Crippen LogP) is 4.11. The quantitative estimate of drug-likeness (QED) is 0.539. The van der Waals surface area contributed by atoms with Gasteiger partial charge in [0, 0.05) is 31.3 Å². The van der Waals surface area contributed by atoms with Crippen LogP contribution in [-0.2, 0) is 22.9 Å². The Kier molecular flexibility index (Phi) is 6.30. The van der Waals surface area contributed by atoms with Crippen molar-refractivity contribution in [3.63, 3.8) is 0 Å². The maximum atomic E-state index is 13.4. The smallest absolute Gasteiger partial charge is 0.277 e. The molecule has 0 bridgehead atoms. The van der Waals surface area contributed by atoms with Crippen LogP contribution in [0, 0.1) is 13.8 Å². The molecule has 0 saturated heterocycles. The van der Waals surface area contributed by atoms with Gasteiger partial charge in [0.1, 0.15) is 11.5 Å². The van der Waals surface area contributed by atoms with Crippen molar-refractivity contribution in [2.24, 2.45) is 4.99 Å². The number of pyridine rings is 1. The number of alkyl halides is 2. The number of aryl methyl sites for hydroxylation is 2. The van der Waals surface area contributed by atoms with Crippen molar-refractivity contribution in [3.05, 3.63) is 65.0 Å². The molecule has 0 spiro atoms. The number of nitrogens with one attached hydrogen (secondary N) is 1. The van der Waals surface area contributed by atoms with Crippen LogP contribution in [-0.4, -0.2) is 48.8 Å². The van der Waals surface area contributed by atoms with Gasteiger partial charge in [0.05, 0.1) is 40.4 Å². The van der Waals surface area contributed by atoms with Crippen molar-refractivity contribution < 1.29 is 17.2 Å². The molecule has 11 heteroatoms. The van der Waals surface area contributed by atoms with Crippen molar-refractivity contribution in [1.29, 1.82) is 0 Å². The highest BCUT2D eigenvalue weighted by atomic mass is 32.2. The monoisotopic (exact) mass is 486 g/mol. The molecule has 0 radical (unpaired) electrons. The minimum Gasteiger partial charge on any atom is -0.352 e. The minimum atomic E-state index is -3.52. The average molecular weight is 487 g/mol. The van der Waals surface area contributed by atoms with E-state index in [4.69, 9.17) is 0 Å². The fourth-order valence-electron chi connectivity index (χ4n) is 3.81. The molecular weight excluding hydrogens is 462 g/mol. The second-order valence-corrected chi connectivity index (χ2v) is 10.1. The van der Waals surface area contributed by atoms with E-state index < -0.39 is 16.4 Å². The number of hydrogen-bond donors (Lipinski definition) is 1. The SMILES string of the molecule is Cc1cc(Cc2cc(Nc3ccccc3N(C)S(C)(=O)=O)c3c(n2)CC(C(F)F)=N3)nc(C)n1. The van der Waals surface area contributed by atoms with E-state index in [9.17, 15) is 17.2 Å². The Morgan fingerprint density at radius 1 is 1.06 bits per heavy atom. The van der Waals surface area contributed by atoms with E-state index in [-0.39, 0.29) is 12.1 Å². The molecule has 2 aromatic heterocycles. The Labute approximate surface area is 196 Å². The summed E-state index contributed by atoms with van der Waals surface area (Å²) in [7, 11) is -2.07. The Morgan fingerprint density at radius 3 is 2.44 bits per heavy atom. The summed E-state index contributed by atoms with van der Waals surface area (Å²) in [4.78, 5) is 17.4. The lowest BCUT2D eigenvalue weighted by molar-refractivity contribution is 0.224. The second-order valence-electron chi connectivity index (χ2n) is 8.13. The molecule has 1 N–H and O–H groups in total. The van der Waals surface area contributed by atoms with E-state index in [2.05, 4.69) is 25.3 Å². The molecule has 4 rings (SSSR count). The van der Waals surface area contributed by atoms with Crippen LogP contribution in [0.3, 0.4) is 0 Å². The number of halogens is 2. The number of aliphatic imine (C=N–C) groups is 1. The minimum absolute atomic E-state index is 0.0533. The highest BCUT2D eigenvalue weighted by Gasteiger charge is 2.27. The van der Waals surface area contributed by atoms with E-state index in [1.54, 1.807) is 37.3 Å². The van der Waals surface area contributed by atoms with Crippen LogP contribution >= 0.6 is 0 Å². The van der Waals surface area contributed by atoms with Crippen LogP contribution in [0.25, 0.3) is 0 Å². The Bertz CT molecular complexity index is 1370. The van der Waals surface area contributed by atoms with Crippen LogP contribution < -0.4 is 9.62 Å². The van der Waals surface area contributed by atoms with E-state index in [0.717, 1.165) is 21.9 Å². The molecular formula is C23H24F2N6O2S. The summed E-state index contributed by atoms with van der Waals surface area (Å²) in [5.74, 6) is 0.635. The Hall–Kier alpha value is -3.47. The average Bonchev–Trinajstić information content (AvgIpc) is 3.17. The number of fused-ring (bicyclic) bond motifs is 1. The Balaban J connectivity index is 1.78. The molecule has 0 amide bonds. The van der Waals surface area contributed by atoms with Crippen LogP contribution in [0.5, 0.6) is 0 Å². The van der Waals surface area contributed by atoms with Gasteiger partial charge in [-0.1, -0.05) is 12.1 Å². The van der Waals surface area contributed by atoms with Gasteiger partial charge in [-0.2, -0.15) is 0 Å². The fourth-order valence-corrected chi connectivity index (χ4v) is 4.33. The molecule has 1 aliphatic heterocycles. The van der Waals surface area contributed by atoms with Gasteiger partial charge in [-0.25, -0.2) is 32.2 Å². The number of nitrogens with zero attached hydrogens (tertiary/aromatic N) is 5. The number of para-hydroxylation sites is 2. The highest BCUT2D eigenvalue weighted by Crippen LogP contribution is 2.39. The molecule has 0 saturated carbocycles. The zero-order valence-electron chi connectivity index (χ0n) is 19.2. The first kappa shape index (κ1) is 23.7. The van der Waals surface area contributed by atoms with Crippen LogP contribution in [0.1, 0.15) is 28.6 Å². The lowest BCUT2D eigenvalue weighted by Crippen LogP contribution is -2.25. The number of benzene rings is 1. The maximum absolute atomic E-state index is 13.4. The lowest BCUT2D eigenvalue weighted by atomic mass is 10.1. The first-order chi connectivity index (χ1) is 16.0. The number of sulfonamides is 1. The van der Waals surface area contributed by atoms with Crippen molar-refractivity contribution in [1.82, 2.24) is 15.0 Å². The van der Waals surface area contributed by atoms with Gasteiger partial charge < -0.3 is 5.32 Å². The zero-order valence-corrected chi connectivity index (χ0v) is 20.0. The normalized spacial score (nSPS) is 13.1. The van der Waals surface area contributed by atoms with Gasteiger partial charge in [0.15, 0.2) is 0 Å². The van der Waals surface area contributed by atoms with Gasteiger partial charge >= 0.3 is 0 Å². The number of aromatic nitrogens is 3. The van der Waals surface area contributed by atoms with E-state index in [0.29, 0.717) is 46.4 Å². The van der Waals surface area contributed by atoms with Gasteiger partial charge in [-0.15, -0.1) is 0 Å². The molecule has 0 unspecified atom stereocenters. The molecule has 3 aromatic rings. The van der Waals surface area contributed by atoms with Crippen LogP contribution in [0.2, 0.25) is 0 Å². The van der Waals surface area contributed by atoms with E-state index in [1.165, 1.54) is 7.05 Å². The topological polar surface area (TPSA) is 100 Å². The van der Waals surface area contributed by atoms with Crippen LogP contribution in [0.15, 0.2) is 41.4 Å². The molecule has 8 nitrogen and oxygen atoms in total. The predicted molar refractivity (Wildman–Crippen MR) is 128 cm³/mol. The standard InChI is InChI=1S/C23H24F2N6O2S/c1-13-9-15(27-14(2)26-13)10-16-11-18(22-19(28-16)12-20(30-22)23(24)25)29-17-7-5-6-8-21(17)31(3)34(4,32)33/h5-9,11,23H,10,12H2,1-4H3,(H,28,29). The fraction of sp³-hybridized carbons (Fsp3) is 0.304. The van der Waals surface area contributed by atoms with Crippen molar-refractivity contribution in [2.45, 2.75) is 33.1 Å². The highest BCUT2D eigenvalue weighted by molar-refractivity contribution is 7.92. The summed E-state index contributed by atoms with van der Waals surface area (Å²) in [6.07, 6.45) is -1.26. The summed E-state index contributed by atoms with van der Waals surface area (Å²) >= 11 is 0. The largest absolute Gasteiger partial charge is 0.352 e. The molecule has 0 fully saturated rings. The number of hydrogen-bond acceptors (Lipinski definition) is 7. The molecule has 34 heavy (non-hydrogen) atoms. The third-order valence-corrected chi connectivity index (χ3v) is 6.56. The van der Waals surface area contributed by atoms with Gasteiger partial charge in [0.2, 0.25) is 10.0 Å². The summed E-state index contributed by atoms with van der Waals surface area (Å²) in [6, 6.07) is 10.4. The summed E-state index contributed by atoms with van der Waals surface area (Å²) in [5, 5.41) is 3.20. The first-order valence-electron chi connectivity index (χ1n) is 10.5. The summed E-state index contributed by atoms with van der Waals surface area (Å²) in [5.41, 5.74) is 4.08. The van der Waals surface area contributed by atoms with Crippen molar-refractivity contribution in [2.75, 3.05) is 22.9 Å². The molecule has 1 aromatic carbocycles. The van der Waals surface area contributed by atoms with E-state index >= 15 is 0 Å². The van der Waals surface area contributed by atoms with Gasteiger partial charge in [-0.05, 0) is 38.1 Å². The van der Waals surface area contributed by atoms with Gasteiger partial charge in [0.25, 0.3) is 6.43 Å². The number of rotatable bonds is 7. The third-order valence-electron chi connectivity index (χ3n) is 5.37. The van der Waals surface area contributed by atoms with Gasteiger partial charge in [-0.3, -0.25) is 9.29 Å². The maximum Gasteiger partial charge on any atom is 0.277 e. The third kappa shape index (κ3) is 5.04. The second kappa shape index (κ2) is 9.05. The molecule has 1 aliphatic rings. The van der Waals surface area contributed by atoms with E-state index in [1.807, 2.05) is 13.0 Å². The van der Waals surface area contributed by atoms with Crippen molar-refractivity contribution >= 4 is 38.5 Å². The molecule has 0 atom stereocenters. The first-order valence-corrected chi connectivity index (χ1v) is 12.4. The number of anilines is 3. The van der Waals surface area contributed by atoms with Crippen LogP contribution in [0.4, 0.5) is 31.5 Å².